The number of ketones is 1. The Hall–Kier alpha value is -3.06. The van der Waals surface area contributed by atoms with E-state index in [9.17, 15) is 18.4 Å². The van der Waals surface area contributed by atoms with E-state index in [0.717, 1.165) is 28.7 Å². The highest BCUT2D eigenvalue weighted by molar-refractivity contribution is 6.30. The van der Waals surface area contributed by atoms with Crippen molar-refractivity contribution < 1.29 is 18.4 Å². The molecule has 0 spiro atoms. The van der Waals surface area contributed by atoms with Crippen LogP contribution in [0, 0.1) is 11.6 Å². The lowest BCUT2D eigenvalue weighted by Crippen LogP contribution is -2.49. The highest BCUT2D eigenvalue weighted by Gasteiger charge is 2.48. The number of Topliss-reactive ketones (excluding diaryl/α,β-unsaturated/α-hetero) is 1. The molecule has 5 rings (SSSR count). The van der Waals surface area contributed by atoms with Crippen LogP contribution in [0.4, 0.5) is 13.6 Å². The number of urea groups is 1. The minimum Gasteiger partial charge on any atom is -0.328 e. The summed E-state index contributed by atoms with van der Waals surface area (Å²) in [5.41, 5.74) is 0.749. The van der Waals surface area contributed by atoms with Crippen molar-refractivity contribution in [1.29, 1.82) is 0 Å². The number of pyridine rings is 1. The number of aromatic nitrogens is 1. The number of halogens is 3. The van der Waals surface area contributed by atoms with Gasteiger partial charge in [0.1, 0.15) is 11.6 Å². The average Bonchev–Trinajstić information content (AvgIpc) is 3.45. The zero-order chi connectivity index (χ0) is 22.5. The number of para-hydroxylation sites is 1. The smallest absolute Gasteiger partial charge is 0.316 e. The Balaban J connectivity index is 1.35. The molecule has 2 aliphatic carbocycles. The topological polar surface area (TPSA) is 71.1 Å². The Morgan fingerprint density at radius 1 is 1.09 bits per heavy atom. The molecule has 8 heteroatoms. The molecule has 2 amide bonds. The number of hydrogen-bond acceptors (Lipinski definition) is 3. The molecular weight excluding hydrogens is 436 g/mol. The molecule has 3 aromatic rings. The van der Waals surface area contributed by atoms with Crippen LogP contribution in [-0.2, 0) is 10.3 Å². The monoisotopic (exact) mass is 455 g/mol. The van der Waals surface area contributed by atoms with Crippen molar-refractivity contribution in [1.82, 2.24) is 15.6 Å². The van der Waals surface area contributed by atoms with Crippen LogP contribution in [0.2, 0.25) is 5.02 Å². The van der Waals surface area contributed by atoms with Crippen LogP contribution in [0.3, 0.4) is 0 Å². The van der Waals surface area contributed by atoms with E-state index >= 15 is 0 Å². The largest absolute Gasteiger partial charge is 0.328 e. The first-order valence-corrected chi connectivity index (χ1v) is 10.9. The lowest BCUT2D eigenvalue weighted by molar-refractivity contribution is -0.119. The van der Waals surface area contributed by atoms with E-state index < -0.39 is 35.2 Å². The number of carbonyl (C=O) groups is 2. The first-order valence-electron chi connectivity index (χ1n) is 10.5. The number of benzene rings is 2. The van der Waals surface area contributed by atoms with E-state index in [0.29, 0.717) is 12.8 Å². The first-order chi connectivity index (χ1) is 15.4. The molecule has 32 heavy (non-hydrogen) atoms. The summed E-state index contributed by atoms with van der Waals surface area (Å²) >= 11 is 5.72. The fourth-order valence-corrected chi connectivity index (χ4v) is 4.73. The van der Waals surface area contributed by atoms with Gasteiger partial charge in [-0.3, -0.25) is 9.78 Å². The number of nitrogens with one attached hydrogen (secondary N) is 2. The zero-order valence-corrected chi connectivity index (χ0v) is 17.8. The molecule has 0 saturated heterocycles. The molecule has 2 atom stereocenters. The third-order valence-corrected chi connectivity index (χ3v) is 6.56. The minimum atomic E-state index is -1.01. The summed E-state index contributed by atoms with van der Waals surface area (Å²) < 4.78 is 28.9. The van der Waals surface area contributed by atoms with Crippen LogP contribution < -0.4 is 10.6 Å². The number of rotatable bonds is 4. The van der Waals surface area contributed by atoms with Crippen molar-refractivity contribution in [3.63, 3.8) is 0 Å². The molecule has 0 bridgehead atoms. The van der Waals surface area contributed by atoms with Gasteiger partial charge in [-0.2, -0.15) is 0 Å². The molecule has 1 heterocycles. The predicted octanol–water partition coefficient (Wildman–Crippen LogP) is 4.97. The molecular formula is C24H20ClF2N3O2. The second-order valence-electron chi connectivity index (χ2n) is 8.44. The lowest BCUT2D eigenvalue weighted by atomic mass is 9.93. The van der Waals surface area contributed by atoms with Crippen molar-refractivity contribution in [2.24, 2.45) is 0 Å². The van der Waals surface area contributed by atoms with Crippen molar-refractivity contribution in [3.8, 4) is 0 Å². The van der Waals surface area contributed by atoms with Gasteiger partial charge in [-0.25, -0.2) is 13.6 Å². The van der Waals surface area contributed by atoms with Gasteiger partial charge >= 0.3 is 6.03 Å². The maximum atomic E-state index is 14.5. The molecule has 1 aromatic heterocycles. The summed E-state index contributed by atoms with van der Waals surface area (Å²) in [5.74, 6) is -2.69. The van der Waals surface area contributed by atoms with Gasteiger partial charge in [-0.15, -0.1) is 0 Å². The van der Waals surface area contributed by atoms with Gasteiger partial charge in [0.2, 0.25) is 0 Å². The summed E-state index contributed by atoms with van der Waals surface area (Å²) in [6.45, 7) is 0. The van der Waals surface area contributed by atoms with E-state index in [4.69, 9.17) is 11.6 Å². The molecule has 0 radical (unpaired) electrons. The number of amides is 2. The van der Waals surface area contributed by atoms with E-state index in [-0.39, 0.29) is 29.2 Å². The Kier molecular flexibility index (Phi) is 5.08. The van der Waals surface area contributed by atoms with Crippen molar-refractivity contribution in [2.75, 3.05) is 0 Å². The van der Waals surface area contributed by atoms with Crippen LogP contribution in [-0.4, -0.2) is 22.8 Å². The molecule has 2 aliphatic rings. The Morgan fingerprint density at radius 2 is 1.81 bits per heavy atom. The van der Waals surface area contributed by atoms with Gasteiger partial charge in [-0.05, 0) is 43.5 Å². The summed E-state index contributed by atoms with van der Waals surface area (Å²) in [6, 6.07) is 12.0. The van der Waals surface area contributed by atoms with Crippen LogP contribution in [0.25, 0.3) is 10.9 Å². The Bertz CT molecular complexity index is 1220. The molecule has 164 valence electrons. The number of carbonyl (C=O) groups excluding carboxylic acids is 2. The lowest BCUT2D eigenvalue weighted by Gasteiger charge is -2.24. The van der Waals surface area contributed by atoms with Crippen LogP contribution in [0.15, 0.2) is 48.5 Å². The number of fused-ring (bicyclic) bond motifs is 1. The molecule has 2 N–H and O–H groups in total. The Morgan fingerprint density at radius 3 is 2.53 bits per heavy atom. The van der Waals surface area contributed by atoms with E-state index in [1.807, 2.05) is 36.4 Å². The van der Waals surface area contributed by atoms with Gasteiger partial charge in [0, 0.05) is 28.3 Å². The van der Waals surface area contributed by atoms with Crippen molar-refractivity contribution in [2.45, 2.75) is 43.2 Å². The number of hydrogen-bond donors (Lipinski definition) is 2. The zero-order valence-electron chi connectivity index (χ0n) is 17.0. The van der Waals surface area contributed by atoms with Crippen LogP contribution in [0.1, 0.15) is 42.9 Å². The molecule has 2 aromatic carbocycles. The highest BCUT2D eigenvalue weighted by atomic mass is 35.5. The standard InChI is InChI=1S/C24H20ClF2N3O2/c25-14-11-16(26)21(17(27)12-14)15-6-7-19(31)22(15)29-23(32)30-24(9-10-24)20-8-5-13-3-1-2-4-18(13)28-20/h1-5,8,11-12,15,22H,6-7,9-10H2,(H2,29,30,32)/t15-,22-/m0/s1. The third kappa shape index (κ3) is 3.71. The van der Waals surface area contributed by atoms with Gasteiger partial charge in [0.05, 0.1) is 22.8 Å². The molecule has 5 nitrogen and oxygen atoms in total. The summed E-state index contributed by atoms with van der Waals surface area (Å²) in [4.78, 5) is 30.0. The van der Waals surface area contributed by atoms with E-state index in [2.05, 4.69) is 15.6 Å². The second kappa shape index (κ2) is 7.81. The highest BCUT2D eigenvalue weighted by Crippen LogP contribution is 2.45. The van der Waals surface area contributed by atoms with Gasteiger partial charge < -0.3 is 10.6 Å². The second-order valence-corrected chi connectivity index (χ2v) is 8.88. The minimum absolute atomic E-state index is 0.0612. The number of nitrogens with zero attached hydrogens (tertiary/aromatic N) is 1. The SMILES string of the molecule is O=C(N[C@@H]1C(=O)CC[C@H]1c1c(F)cc(Cl)cc1F)NC1(c2ccc3ccccc3n2)CC1. The molecule has 2 saturated carbocycles. The fraction of sp³-hybridized carbons (Fsp3) is 0.292. The maximum Gasteiger partial charge on any atom is 0.316 e. The van der Waals surface area contributed by atoms with Gasteiger partial charge in [-0.1, -0.05) is 35.9 Å². The van der Waals surface area contributed by atoms with Crippen molar-refractivity contribution >= 4 is 34.3 Å². The van der Waals surface area contributed by atoms with Crippen LogP contribution >= 0.6 is 11.6 Å². The van der Waals surface area contributed by atoms with Crippen molar-refractivity contribution in [3.05, 3.63) is 76.4 Å². The van der Waals surface area contributed by atoms with E-state index in [1.54, 1.807) is 0 Å². The molecule has 0 aliphatic heterocycles. The molecule has 2 fully saturated rings. The third-order valence-electron chi connectivity index (χ3n) is 6.34. The quantitative estimate of drug-likeness (QED) is 0.583. The normalized spacial score (nSPS) is 21.5. The Labute approximate surface area is 188 Å². The first kappa shape index (κ1) is 20.8. The fourth-order valence-electron chi connectivity index (χ4n) is 4.54. The van der Waals surface area contributed by atoms with Crippen LogP contribution in [0.5, 0.6) is 0 Å². The summed E-state index contributed by atoms with van der Waals surface area (Å²) in [7, 11) is 0. The van der Waals surface area contributed by atoms with Gasteiger partial charge in [0.25, 0.3) is 0 Å². The summed E-state index contributed by atoms with van der Waals surface area (Å²) in [6.07, 6.45) is 1.81. The maximum absolute atomic E-state index is 14.5. The van der Waals surface area contributed by atoms with Gasteiger partial charge in [0.15, 0.2) is 5.78 Å². The molecule has 0 unspecified atom stereocenters. The average molecular weight is 456 g/mol. The predicted molar refractivity (Wildman–Crippen MR) is 116 cm³/mol. The summed E-state index contributed by atoms with van der Waals surface area (Å²) in [5, 5.41) is 6.53. The van der Waals surface area contributed by atoms with E-state index in [1.165, 1.54) is 0 Å².